The first-order chi connectivity index (χ1) is 12.5. The molecule has 2 aromatic carbocycles. The highest BCUT2D eigenvalue weighted by Crippen LogP contribution is 2.35. The molecule has 3 aromatic rings. The molecule has 26 heavy (non-hydrogen) atoms. The number of methoxy groups -OCH3 is 1. The van der Waals surface area contributed by atoms with Crippen molar-refractivity contribution in [2.24, 2.45) is 0 Å². The summed E-state index contributed by atoms with van der Waals surface area (Å²) in [6.07, 6.45) is 0. The predicted octanol–water partition coefficient (Wildman–Crippen LogP) is 3.95. The van der Waals surface area contributed by atoms with E-state index in [1.807, 2.05) is 50.2 Å². The van der Waals surface area contributed by atoms with E-state index in [-0.39, 0.29) is 18.1 Å². The first kappa shape index (κ1) is 16.2. The fourth-order valence-electron chi connectivity index (χ4n) is 3.27. The minimum absolute atomic E-state index is 0.119. The lowest BCUT2D eigenvalue weighted by atomic mass is 10.1. The third kappa shape index (κ3) is 2.42. The molecule has 132 valence electrons. The molecule has 0 saturated carbocycles. The van der Waals surface area contributed by atoms with Gasteiger partial charge >= 0.3 is 0 Å². The van der Waals surface area contributed by atoms with Gasteiger partial charge in [-0.2, -0.15) is 0 Å². The van der Waals surface area contributed by atoms with Crippen LogP contribution < -0.4 is 9.64 Å². The number of aryl methyl sites for hydroxylation is 2. The topological polar surface area (TPSA) is 85.2 Å². The molecule has 6 heteroatoms. The molecular formula is C20H20N4O2. The van der Waals surface area contributed by atoms with Gasteiger partial charge in [0.25, 0.3) is 0 Å². The van der Waals surface area contributed by atoms with E-state index in [0.29, 0.717) is 17.1 Å². The molecule has 0 fully saturated rings. The molecule has 0 atom stereocenters. The van der Waals surface area contributed by atoms with Crippen LogP contribution in [-0.4, -0.2) is 34.6 Å². The highest BCUT2D eigenvalue weighted by Gasteiger charge is 2.32. The predicted molar refractivity (Wildman–Crippen MR) is 103 cm³/mol. The first-order valence-corrected chi connectivity index (χ1v) is 8.38. The van der Waals surface area contributed by atoms with Crippen molar-refractivity contribution in [3.05, 3.63) is 59.1 Å². The highest BCUT2D eigenvalue weighted by atomic mass is 16.5. The summed E-state index contributed by atoms with van der Waals surface area (Å²) in [7, 11) is 1.59. The molecule has 0 saturated heterocycles. The molecule has 0 radical (unpaired) electrons. The number of fused-ring (bicyclic) bond motifs is 1. The lowest BCUT2D eigenvalue weighted by Gasteiger charge is -2.20. The molecule has 1 aliphatic heterocycles. The van der Waals surface area contributed by atoms with Crippen LogP contribution in [-0.2, 0) is 0 Å². The van der Waals surface area contributed by atoms with Gasteiger partial charge in [0.15, 0.2) is 0 Å². The average molecular weight is 348 g/mol. The summed E-state index contributed by atoms with van der Waals surface area (Å²) in [4.78, 5) is 9.55. The lowest BCUT2D eigenvalue weighted by molar-refractivity contribution is 0.406. The van der Waals surface area contributed by atoms with Crippen LogP contribution in [0.5, 0.6) is 5.75 Å². The van der Waals surface area contributed by atoms with Gasteiger partial charge in [-0.3, -0.25) is 5.41 Å². The molecule has 6 nitrogen and oxygen atoms in total. The maximum atomic E-state index is 10.5. The number of benzene rings is 2. The van der Waals surface area contributed by atoms with E-state index in [2.05, 4.69) is 9.97 Å². The van der Waals surface area contributed by atoms with E-state index < -0.39 is 0 Å². The molecule has 3 N–H and O–H groups in total. The van der Waals surface area contributed by atoms with Crippen molar-refractivity contribution >= 4 is 28.1 Å². The second-order valence-electron chi connectivity index (χ2n) is 6.47. The number of imidazole rings is 1. The quantitative estimate of drug-likeness (QED) is 0.669. The molecule has 1 aliphatic rings. The summed E-state index contributed by atoms with van der Waals surface area (Å²) in [5.41, 5.74) is 5.21. The molecule has 4 rings (SSSR count). The number of aromatic amines is 1. The van der Waals surface area contributed by atoms with E-state index in [0.717, 1.165) is 22.3 Å². The summed E-state index contributed by atoms with van der Waals surface area (Å²) in [6, 6.07) is 11.5. The van der Waals surface area contributed by atoms with Crippen LogP contribution in [0.3, 0.4) is 0 Å². The van der Waals surface area contributed by atoms with E-state index in [1.165, 1.54) is 5.56 Å². The fraction of sp³-hybridized carbons (Fsp3) is 0.200. The van der Waals surface area contributed by atoms with Crippen LogP contribution in [0, 0.1) is 19.3 Å². The Labute approximate surface area is 151 Å². The third-order valence-corrected chi connectivity index (χ3v) is 4.81. The fourth-order valence-corrected chi connectivity index (χ4v) is 3.27. The number of rotatable bonds is 3. The summed E-state index contributed by atoms with van der Waals surface area (Å²) >= 11 is 0. The summed E-state index contributed by atoms with van der Waals surface area (Å²) in [5.74, 6) is 1.47. The standard InChI is InChI=1S/C20H20N4O2/c1-11-8-13-14(9-12(11)2)23-20(22-13)18-16(25)10-24(19(18)21)15-6-4-5-7-17(15)26-3/h4-9,21,25H,10H2,1-3H3,(H,22,23). The number of para-hydroxylation sites is 2. The lowest BCUT2D eigenvalue weighted by Crippen LogP contribution is -2.26. The minimum Gasteiger partial charge on any atom is -0.509 e. The van der Waals surface area contributed by atoms with Crippen molar-refractivity contribution in [2.45, 2.75) is 13.8 Å². The van der Waals surface area contributed by atoms with Gasteiger partial charge in [0.05, 0.1) is 35.9 Å². The van der Waals surface area contributed by atoms with E-state index in [9.17, 15) is 5.11 Å². The van der Waals surface area contributed by atoms with Crippen molar-refractivity contribution in [3.8, 4) is 5.75 Å². The van der Waals surface area contributed by atoms with Gasteiger partial charge in [-0.15, -0.1) is 0 Å². The van der Waals surface area contributed by atoms with Gasteiger partial charge in [0, 0.05) is 0 Å². The molecule has 0 spiro atoms. The Bertz CT molecular complexity index is 1030. The third-order valence-electron chi connectivity index (χ3n) is 4.81. The smallest absolute Gasteiger partial charge is 0.145 e. The number of aliphatic hydroxyl groups is 1. The van der Waals surface area contributed by atoms with Gasteiger partial charge in [-0.1, -0.05) is 12.1 Å². The molecule has 0 bridgehead atoms. The number of H-pyrrole nitrogens is 1. The minimum atomic E-state index is 0.119. The Morgan fingerprint density at radius 1 is 1.19 bits per heavy atom. The Hall–Kier alpha value is -3.28. The maximum Gasteiger partial charge on any atom is 0.145 e. The Kier molecular flexibility index (Phi) is 3.68. The molecular weight excluding hydrogens is 328 g/mol. The monoisotopic (exact) mass is 348 g/mol. The van der Waals surface area contributed by atoms with Crippen LogP contribution in [0.4, 0.5) is 5.69 Å². The van der Waals surface area contributed by atoms with Crippen molar-refractivity contribution < 1.29 is 9.84 Å². The van der Waals surface area contributed by atoms with Crippen molar-refractivity contribution in [1.29, 1.82) is 5.41 Å². The summed E-state index contributed by atoms with van der Waals surface area (Å²) in [6.45, 7) is 4.30. The second-order valence-corrected chi connectivity index (χ2v) is 6.47. The Balaban J connectivity index is 1.76. The number of hydrogen-bond acceptors (Lipinski definition) is 4. The van der Waals surface area contributed by atoms with Crippen LogP contribution >= 0.6 is 0 Å². The SMILES string of the molecule is COc1ccccc1N1CC(O)=C(c2nc3cc(C)c(C)cc3[nH]2)C1=N. The van der Waals surface area contributed by atoms with Crippen molar-refractivity contribution in [3.63, 3.8) is 0 Å². The molecule has 2 heterocycles. The number of amidine groups is 1. The zero-order valence-corrected chi connectivity index (χ0v) is 14.9. The number of aliphatic hydroxyl groups excluding tert-OH is 1. The van der Waals surface area contributed by atoms with Gasteiger partial charge in [-0.05, 0) is 49.2 Å². The molecule has 0 amide bonds. The van der Waals surface area contributed by atoms with Gasteiger partial charge < -0.3 is 19.7 Å². The van der Waals surface area contributed by atoms with E-state index in [1.54, 1.807) is 12.0 Å². The largest absolute Gasteiger partial charge is 0.509 e. The molecule has 0 aliphatic carbocycles. The Morgan fingerprint density at radius 2 is 1.92 bits per heavy atom. The maximum absolute atomic E-state index is 10.5. The highest BCUT2D eigenvalue weighted by molar-refractivity contribution is 6.30. The second kappa shape index (κ2) is 5.91. The Morgan fingerprint density at radius 3 is 2.69 bits per heavy atom. The van der Waals surface area contributed by atoms with Crippen molar-refractivity contribution in [2.75, 3.05) is 18.6 Å². The van der Waals surface area contributed by atoms with E-state index >= 15 is 0 Å². The van der Waals surface area contributed by atoms with Crippen LogP contribution in [0.2, 0.25) is 0 Å². The molecule has 0 unspecified atom stereocenters. The van der Waals surface area contributed by atoms with E-state index in [4.69, 9.17) is 10.1 Å². The summed E-state index contributed by atoms with van der Waals surface area (Å²) in [5, 5.41) is 19.1. The zero-order chi connectivity index (χ0) is 18.4. The number of anilines is 1. The van der Waals surface area contributed by atoms with Crippen molar-refractivity contribution in [1.82, 2.24) is 9.97 Å². The normalized spacial score (nSPS) is 14.6. The van der Waals surface area contributed by atoms with Crippen LogP contribution in [0.1, 0.15) is 17.0 Å². The number of aromatic nitrogens is 2. The number of nitrogens with one attached hydrogen (secondary N) is 2. The number of hydrogen-bond donors (Lipinski definition) is 3. The average Bonchev–Trinajstić information content (AvgIpc) is 3.15. The van der Waals surface area contributed by atoms with Gasteiger partial charge in [0.1, 0.15) is 23.2 Å². The van der Waals surface area contributed by atoms with Crippen LogP contribution in [0.25, 0.3) is 16.6 Å². The zero-order valence-electron chi connectivity index (χ0n) is 14.9. The van der Waals surface area contributed by atoms with Gasteiger partial charge in [-0.25, -0.2) is 4.98 Å². The summed E-state index contributed by atoms with van der Waals surface area (Å²) < 4.78 is 5.39. The van der Waals surface area contributed by atoms with Crippen LogP contribution in [0.15, 0.2) is 42.2 Å². The number of nitrogens with zero attached hydrogens (tertiary/aromatic N) is 2. The first-order valence-electron chi connectivity index (χ1n) is 8.38. The molecule has 1 aromatic heterocycles. The van der Waals surface area contributed by atoms with Gasteiger partial charge in [0.2, 0.25) is 0 Å². The number of ether oxygens (including phenoxy) is 1.